The van der Waals surface area contributed by atoms with Gasteiger partial charge in [-0.3, -0.25) is 4.68 Å². The van der Waals surface area contributed by atoms with E-state index in [4.69, 9.17) is 0 Å². The molecule has 0 saturated carbocycles. The summed E-state index contributed by atoms with van der Waals surface area (Å²) in [7, 11) is 3.79. The summed E-state index contributed by atoms with van der Waals surface area (Å²) in [6.45, 7) is 4.70. The van der Waals surface area contributed by atoms with Gasteiger partial charge in [0, 0.05) is 38.8 Å². The maximum Gasteiger partial charge on any atom is 0.134 e. The Morgan fingerprint density at radius 2 is 1.95 bits per heavy atom. The topological polar surface area (TPSA) is 67.7 Å². The van der Waals surface area contributed by atoms with Gasteiger partial charge in [-0.05, 0) is 19.9 Å². The Kier molecular flexibility index (Phi) is 3.99. The van der Waals surface area contributed by atoms with E-state index in [1.807, 2.05) is 44.9 Å². The number of hydrogen-bond acceptors (Lipinski definition) is 5. The fourth-order valence-corrected chi connectivity index (χ4v) is 1.95. The molecule has 2 N–H and O–H groups in total. The van der Waals surface area contributed by atoms with Gasteiger partial charge in [-0.25, -0.2) is 9.97 Å². The van der Waals surface area contributed by atoms with E-state index in [9.17, 15) is 0 Å². The van der Waals surface area contributed by atoms with Crippen molar-refractivity contribution in [2.24, 2.45) is 7.05 Å². The van der Waals surface area contributed by atoms with E-state index in [2.05, 4.69) is 25.7 Å². The highest BCUT2D eigenvalue weighted by molar-refractivity contribution is 5.56. The van der Waals surface area contributed by atoms with Crippen molar-refractivity contribution >= 4 is 11.6 Å². The molecule has 0 amide bonds. The third kappa shape index (κ3) is 3.21. The highest BCUT2D eigenvalue weighted by Gasteiger charge is 2.07. The van der Waals surface area contributed by atoms with E-state index in [1.54, 1.807) is 0 Å². The molecule has 0 atom stereocenters. The number of aromatic nitrogens is 4. The summed E-state index contributed by atoms with van der Waals surface area (Å²) in [5, 5.41) is 10.8. The number of rotatable bonds is 5. The van der Waals surface area contributed by atoms with Crippen molar-refractivity contribution in [3.8, 4) is 0 Å². The van der Waals surface area contributed by atoms with Crippen LogP contribution in [0, 0.1) is 13.8 Å². The van der Waals surface area contributed by atoms with Gasteiger partial charge in [0.2, 0.25) is 0 Å². The first-order valence-electron chi connectivity index (χ1n) is 6.35. The molecule has 0 bridgehead atoms. The molecule has 102 valence electrons. The van der Waals surface area contributed by atoms with Gasteiger partial charge in [0.05, 0.1) is 5.69 Å². The van der Waals surface area contributed by atoms with Crippen LogP contribution < -0.4 is 10.6 Å². The lowest BCUT2D eigenvalue weighted by molar-refractivity contribution is 0.741. The number of hydrogen-bond donors (Lipinski definition) is 2. The second-order valence-electron chi connectivity index (χ2n) is 4.50. The molecule has 0 aliphatic heterocycles. The monoisotopic (exact) mass is 260 g/mol. The number of nitrogens with one attached hydrogen (secondary N) is 2. The molecule has 2 aromatic heterocycles. The molecule has 2 rings (SSSR count). The maximum atomic E-state index is 4.43. The Hall–Kier alpha value is -2.11. The minimum absolute atomic E-state index is 0.760. The Morgan fingerprint density at radius 3 is 2.58 bits per heavy atom. The number of anilines is 2. The molecule has 6 nitrogen and oxygen atoms in total. The third-order valence-corrected chi connectivity index (χ3v) is 2.94. The molecule has 0 saturated heterocycles. The fourth-order valence-electron chi connectivity index (χ4n) is 1.95. The predicted octanol–water partition coefficient (Wildman–Crippen LogP) is 1.52. The molecule has 2 heterocycles. The second-order valence-corrected chi connectivity index (χ2v) is 4.50. The lowest BCUT2D eigenvalue weighted by Crippen LogP contribution is -2.11. The third-order valence-electron chi connectivity index (χ3n) is 2.94. The molecule has 0 fully saturated rings. The van der Waals surface area contributed by atoms with Crippen LogP contribution in [0.2, 0.25) is 0 Å². The van der Waals surface area contributed by atoms with Crippen LogP contribution in [0.4, 0.5) is 11.6 Å². The second kappa shape index (κ2) is 5.69. The largest absolute Gasteiger partial charge is 0.373 e. The molecule has 0 unspecified atom stereocenters. The van der Waals surface area contributed by atoms with E-state index < -0.39 is 0 Å². The molecule has 19 heavy (non-hydrogen) atoms. The van der Waals surface area contributed by atoms with Gasteiger partial charge >= 0.3 is 0 Å². The van der Waals surface area contributed by atoms with E-state index >= 15 is 0 Å². The quantitative estimate of drug-likeness (QED) is 0.853. The first kappa shape index (κ1) is 13.3. The van der Waals surface area contributed by atoms with Crippen molar-refractivity contribution in [2.45, 2.75) is 20.3 Å². The Bertz CT molecular complexity index is 560. The van der Waals surface area contributed by atoms with Gasteiger partial charge in [0.1, 0.15) is 17.5 Å². The minimum Gasteiger partial charge on any atom is -0.373 e. The Balaban J connectivity index is 2.01. The van der Waals surface area contributed by atoms with Crippen LogP contribution in [0.15, 0.2) is 12.3 Å². The van der Waals surface area contributed by atoms with Crippen molar-refractivity contribution < 1.29 is 0 Å². The molecule has 0 radical (unpaired) electrons. The number of nitrogens with zero attached hydrogens (tertiary/aromatic N) is 4. The van der Waals surface area contributed by atoms with Gasteiger partial charge < -0.3 is 10.6 Å². The zero-order chi connectivity index (χ0) is 13.8. The van der Waals surface area contributed by atoms with Crippen LogP contribution in [-0.2, 0) is 13.5 Å². The zero-order valence-electron chi connectivity index (χ0n) is 11.9. The summed E-state index contributed by atoms with van der Waals surface area (Å²) in [6.07, 6.45) is 2.83. The van der Waals surface area contributed by atoms with Crippen LogP contribution >= 0.6 is 0 Å². The average Bonchev–Trinajstić information content (AvgIpc) is 2.79. The van der Waals surface area contributed by atoms with Gasteiger partial charge in [-0.2, -0.15) is 5.10 Å². The van der Waals surface area contributed by atoms with E-state index in [0.717, 1.165) is 41.7 Å². The zero-order valence-corrected chi connectivity index (χ0v) is 11.9. The molecular weight excluding hydrogens is 240 g/mol. The van der Waals surface area contributed by atoms with Crippen LogP contribution in [-0.4, -0.2) is 33.3 Å². The SMILES string of the molecule is CNc1nc(C)nc(NCCc2ccn(C)n2)c1C. The lowest BCUT2D eigenvalue weighted by Gasteiger charge is -2.12. The highest BCUT2D eigenvalue weighted by Crippen LogP contribution is 2.19. The molecule has 0 spiro atoms. The summed E-state index contributed by atoms with van der Waals surface area (Å²) in [4.78, 5) is 8.77. The van der Waals surface area contributed by atoms with Crippen LogP contribution in [0.1, 0.15) is 17.1 Å². The summed E-state index contributed by atoms with van der Waals surface area (Å²) >= 11 is 0. The smallest absolute Gasteiger partial charge is 0.134 e. The average molecular weight is 260 g/mol. The first-order valence-corrected chi connectivity index (χ1v) is 6.35. The van der Waals surface area contributed by atoms with Crippen molar-refractivity contribution in [1.82, 2.24) is 19.7 Å². The van der Waals surface area contributed by atoms with Gasteiger partial charge in [0.25, 0.3) is 0 Å². The summed E-state index contributed by atoms with van der Waals surface area (Å²) in [6, 6.07) is 2.03. The van der Waals surface area contributed by atoms with Gasteiger partial charge in [0.15, 0.2) is 0 Å². The van der Waals surface area contributed by atoms with E-state index in [0.29, 0.717) is 0 Å². The summed E-state index contributed by atoms with van der Waals surface area (Å²) in [5.41, 5.74) is 2.11. The Morgan fingerprint density at radius 1 is 1.21 bits per heavy atom. The predicted molar refractivity (Wildman–Crippen MR) is 76.5 cm³/mol. The van der Waals surface area contributed by atoms with Crippen molar-refractivity contribution in [3.63, 3.8) is 0 Å². The first-order chi connectivity index (χ1) is 9.10. The molecule has 0 aliphatic rings. The highest BCUT2D eigenvalue weighted by atomic mass is 15.2. The molecule has 0 aromatic carbocycles. The summed E-state index contributed by atoms with van der Waals surface area (Å²) in [5.74, 6) is 2.51. The Labute approximate surface area is 113 Å². The lowest BCUT2D eigenvalue weighted by atomic mass is 10.2. The fraction of sp³-hybridized carbons (Fsp3) is 0.462. The molecule has 0 aliphatic carbocycles. The molecule has 2 aromatic rings. The molecular formula is C13H20N6. The van der Waals surface area contributed by atoms with Gasteiger partial charge in [-0.1, -0.05) is 0 Å². The minimum atomic E-state index is 0.760. The van der Waals surface area contributed by atoms with Crippen LogP contribution in [0.3, 0.4) is 0 Å². The molecule has 6 heteroatoms. The van der Waals surface area contributed by atoms with Crippen molar-refractivity contribution in [2.75, 3.05) is 24.2 Å². The van der Waals surface area contributed by atoms with Crippen molar-refractivity contribution in [1.29, 1.82) is 0 Å². The van der Waals surface area contributed by atoms with Gasteiger partial charge in [-0.15, -0.1) is 0 Å². The maximum absolute atomic E-state index is 4.43. The summed E-state index contributed by atoms with van der Waals surface area (Å²) < 4.78 is 1.81. The number of aryl methyl sites for hydroxylation is 2. The normalized spacial score (nSPS) is 10.5. The van der Waals surface area contributed by atoms with E-state index in [1.165, 1.54) is 0 Å². The van der Waals surface area contributed by atoms with Crippen LogP contribution in [0.25, 0.3) is 0 Å². The van der Waals surface area contributed by atoms with Crippen molar-refractivity contribution in [3.05, 3.63) is 29.3 Å². The van der Waals surface area contributed by atoms with E-state index in [-0.39, 0.29) is 0 Å². The standard InChI is InChI=1S/C13H20N6/c1-9-12(14-3)16-10(2)17-13(9)15-7-5-11-6-8-19(4)18-11/h6,8H,5,7H2,1-4H3,(H2,14,15,16,17). The van der Waals surface area contributed by atoms with Crippen LogP contribution in [0.5, 0.6) is 0 Å².